The van der Waals surface area contributed by atoms with Gasteiger partial charge in [0, 0.05) is 41.3 Å². The molecule has 4 heterocycles. The first-order valence-electron chi connectivity index (χ1n) is 12.2. The number of anilines is 1. The number of fused-ring (bicyclic) bond motifs is 1. The molecule has 0 aliphatic carbocycles. The molecule has 0 N–H and O–H groups in total. The Kier molecular flexibility index (Phi) is 6.08. The molecule has 4 amide bonds. The van der Waals surface area contributed by atoms with Crippen LogP contribution in [0.1, 0.15) is 23.4 Å². The molecule has 0 atom stereocenters. The van der Waals surface area contributed by atoms with Gasteiger partial charge in [-0.1, -0.05) is 53.5 Å². The summed E-state index contributed by atoms with van der Waals surface area (Å²) in [7, 11) is 1.42. The van der Waals surface area contributed by atoms with Crippen LogP contribution in [-0.2, 0) is 4.79 Å². The van der Waals surface area contributed by atoms with Gasteiger partial charge in [0.05, 0.1) is 11.1 Å². The number of furan rings is 1. The summed E-state index contributed by atoms with van der Waals surface area (Å²) in [6, 6.07) is 15.9. The summed E-state index contributed by atoms with van der Waals surface area (Å²) in [5.74, 6) is -0.718. The number of aromatic nitrogens is 1. The predicted octanol–water partition coefficient (Wildman–Crippen LogP) is 6.10. The standard InChI is InChI=1S/C28H22Cl2N4O4/c1-32-22(35)15-34(28(32)37)24-20-14-19(16-8-10-17(29)11-9-16)23(18-6-2-3-7-21(18)30)31-26(20)38-25(24)27(36)33-12-4-5-13-33/h2-3,6-11,14H,4-5,12-13,15H2,1H3. The maximum atomic E-state index is 13.6. The van der Waals surface area contributed by atoms with E-state index in [-0.39, 0.29) is 35.5 Å². The molecular weight excluding hydrogens is 527 g/mol. The summed E-state index contributed by atoms with van der Waals surface area (Å²) in [6.07, 6.45) is 1.78. The molecular formula is C28H22Cl2N4O4. The van der Waals surface area contributed by atoms with Crippen molar-refractivity contribution in [3.8, 4) is 22.4 Å². The van der Waals surface area contributed by atoms with Crippen molar-refractivity contribution in [2.24, 2.45) is 0 Å². The van der Waals surface area contributed by atoms with Crippen LogP contribution in [0.4, 0.5) is 10.5 Å². The third-order valence-electron chi connectivity index (χ3n) is 6.98. The van der Waals surface area contributed by atoms with Crippen molar-refractivity contribution in [1.82, 2.24) is 14.8 Å². The van der Waals surface area contributed by atoms with E-state index < -0.39 is 6.03 Å². The third-order valence-corrected chi connectivity index (χ3v) is 7.56. The topological polar surface area (TPSA) is 87.0 Å². The number of halogens is 2. The van der Waals surface area contributed by atoms with E-state index in [1.807, 2.05) is 36.4 Å². The second kappa shape index (κ2) is 9.45. The molecule has 192 valence electrons. The van der Waals surface area contributed by atoms with Gasteiger partial charge < -0.3 is 9.32 Å². The molecule has 6 rings (SSSR count). The summed E-state index contributed by atoms with van der Waals surface area (Å²) in [6.45, 7) is 0.986. The van der Waals surface area contributed by atoms with Crippen LogP contribution < -0.4 is 4.90 Å². The van der Waals surface area contributed by atoms with Crippen molar-refractivity contribution in [2.75, 3.05) is 31.6 Å². The van der Waals surface area contributed by atoms with E-state index in [9.17, 15) is 14.4 Å². The van der Waals surface area contributed by atoms with Crippen LogP contribution in [0.3, 0.4) is 0 Å². The quantitative estimate of drug-likeness (QED) is 0.287. The summed E-state index contributed by atoms with van der Waals surface area (Å²) < 4.78 is 6.13. The van der Waals surface area contributed by atoms with Gasteiger partial charge in [-0.2, -0.15) is 0 Å². The highest BCUT2D eigenvalue weighted by Gasteiger charge is 2.40. The molecule has 4 aromatic rings. The summed E-state index contributed by atoms with van der Waals surface area (Å²) >= 11 is 12.7. The van der Waals surface area contributed by atoms with Gasteiger partial charge >= 0.3 is 6.03 Å². The molecule has 2 saturated heterocycles. The van der Waals surface area contributed by atoms with Crippen LogP contribution in [-0.4, -0.2) is 59.3 Å². The second-order valence-electron chi connectivity index (χ2n) is 9.32. The fourth-order valence-corrected chi connectivity index (χ4v) is 5.32. The van der Waals surface area contributed by atoms with Gasteiger partial charge in [0.15, 0.2) is 0 Å². The number of hydrogen-bond acceptors (Lipinski definition) is 5. The molecule has 2 aromatic carbocycles. The molecule has 0 unspecified atom stereocenters. The molecule has 2 aliphatic heterocycles. The van der Waals surface area contributed by atoms with Crippen LogP contribution in [0.25, 0.3) is 33.5 Å². The second-order valence-corrected chi connectivity index (χ2v) is 10.2. The van der Waals surface area contributed by atoms with E-state index in [0.717, 1.165) is 23.3 Å². The Hall–Kier alpha value is -3.88. The lowest BCUT2D eigenvalue weighted by Crippen LogP contribution is -2.33. The predicted molar refractivity (Wildman–Crippen MR) is 146 cm³/mol. The lowest BCUT2D eigenvalue weighted by molar-refractivity contribution is -0.123. The van der Waals surface area contributed by atoms with Gasteiger partial charge in [-0.05, 0) is 42.7 Å². The van der Waals surface area contributed by atoms with E-state index in [0.29, 0.717) is 45.3 Å². The molecule has 8 nitrogen and oxygen atoms in total. The van der Waals surface area contributed by atoms with Crippen molar-refractivity contribution in [1.29, 1.82) is 0 Å². The first-order valence-corrected chi connectivity index (χ1v) is 12.9. The normalized spacial score (nSPS) is 15.8. The number of urea groups is 1. The first kappa shape index (κ1) is 24.5. The Morgan fingerprint density at radius 1 is 0.974 bits per heavy atom. The van der Waals surface area contributed by atoms with E-state index in [2.05, 4.69) is 0 Å². The Morgan fingerprint density at radius 3 is 2.34 bits per heavy atom. The zero-order chi connectivity index (χ0) is 26.6. The minimum Gasteiger partial charge on any atom is -0.430 e. The molecule has 0 bridgehead atoms. The minimum atomic E-state index is -0.531. The van der Waals surface area contributed by atoms with E-state index in [1.54, 1.807) is 23.1 Å². The Bertz CT molecular complexity index is 1610. The van der Waals surface area contributed by atoms with Crippen LogP contribution in [0.15, 0.2) is 59.0 Å². The van der Waals surface area contributed by atoms with Crippen molar-refractivity contribution >= 4 is 57.8 Å². The SMILES string of the molecule is CN1C(=O)CN(c2c(C(=O)N3CCCC3)oc3nc(-c4ccccc4Cl)c(-c4ccc(Cl)cc4)cc23)C1=O. The molecule has 0 radical (unpaired) electrons. The Labute approximate surface area is 228 Å². The number of hydrogen-bond donors (Lipinski definition) is 0. The van der Waals surface area contributed by atoms with E-state index >= 15 is 0 Å². The fraction of sp³-hybridized carbons (Fsp3) is 0.214. The highest BCUT2D eigenvalue weighted by molar-refractivity contribution is 6.33. The van der Waals surface area contributed by atoms with Crippen LogP contribution in [0.5, 0.6) is 0 Å². The van der Waals surface area contributed by atoms with Crippen molar-refractivity contribution in [3.63, 3.8) is 0 Å². The maximum absolute atomic E-state index is 13.6. The van der Waals surface area contributed by atoms with Gasteiger partial charge in [-0.25, -0.2) is 9.78 Å². The first-order chi connectivity index (χ1) is 18.3. The molecule has 0 saturated carbocycles. The van der Waals surface area contributed by atoms with Gasteiger partial charge in [0.1, 0.15) is 12.2 Å². The third kappa shape index (κ3) is 4.01. The number of benzene rings is 2. The number of nitrogens with zero attached hydrogens (tertiary/aromatic N) is 4. The monoisotopic (exact) mass is 548 g/mol. The number of pyridine rings is 1. The molecule has 10 heteroatoms. The van der Waals surface area contributed by atoms with Gasteiger partial charge in [-0.3, -0.25) is 19.4 Å². The maximum Gasteiger partial charge on any atom is 0.331 e. The van der Waals surface area contributed by atoms with Crippen molar-refractivity contribution < 1.29 is 18.8 Å². The minimum absolute atomic E-state index is 0.00999. The van der Waals surface area contributed by atoms with Gasteiger partial charge in [0.2, 0.25) is 17.4 Å². The lowest BCUT2D eigenvalue weighted by Gasteiger charge is -2.18. The number of imide groups is 1. The van der Waals surface area contributed by atoms with Crippen molar-refractivity contribution in [2.45, 2.75) is 12.8 Å². The lowest BCUT2D eigenvalue weighted by atomic mass is 9.98. The number of carbonyl (C=O) groups is 3. The summed E-state index contributed by atoms with van der Waals surface area (Å²) in [5.41, 5.74) is 3.15. The molecule has 0 spiro atoms. The molecule has 2 fully saturated rings. The molecule has 2 aliphatic rings. The number of likely N-dealkylation sites (N-methyl/N-ethyl adjacent to an activating group) is 1. The fourth-order valence-electron chi connectivity index (χ4n) is 4.97. The number of amides is 4. The van der Waals surface area contributed by atoms with Crippen LogP contribution in [0.2, 0.25) is 10.0 Å². The zero-order valence-corrected chi connectivity index (χ0v) is 21.9. The van der Waals surface area contributed by atoms with Crippen LogP contribution >= 0.6 is 23.2 Å². The van der Waals surface area contributed by atoms with Crippen LogP contribution in [0, 0.1) is 0 Å². The average Bonchev–Trinajstić information content (AvgIpc) is 3.64. The van der Waals surface area contributed by atoms with Gasteiger partial charge in [-0.15, -0.1) is 0 Å². The Morgan fingerprint density at radius 2 is 1.68 bits per heavy atom. The van der Waals surface area contributed by atoms with Gasteiger partial charge in [0.25, 0.3) is 5.91 Å². The molecule has 2 aromatic heterocycles. The van der Waals surface area contributed by atoms with Crippen molar-refractivity contribution in [3.05, 3.63) is 70.4 Å². The number of likely N-dealkylation sites (tertiary alicyclic amines) is 1. The number of carbonyl (C=O) groups excluding carboxylic acids is 3. The van der Waals surface area contributed by atoms with E-state index in [1.165, 1.54) is 11.9 Å². The van der Waals surface area contributed by atoms with E-state index in [4.69, 9.17) is 32.6 Å². The number of rotatable bonds is 4. The summed E-state index contributed by atoms with van der Waals surface area (Å²) in [5, 5.41) is 1.52. The highest BCUT2D eigenvalue weighted by Crippen LogP contribution is 2.42. The summed E-state index contributed by atoms with van der Waals surface area (Å²) in [4.78, 5) is 48.0. The smallest absolute Gasteiger partial charge is 0.331 e. The molecule has 38 heavy (non-hydrogen) atoms. The highest BCUT2D eigenvalue weighted by atomic mass is 35.5. The Balaban J connectivity index is 1.64. The average molecular weight is 549 g/mol. The zero-order valence-electron chi connectivity index (χ0n) is 20.4. The largest absolute Gasteiger partial charge is 0.430 e.